The maximum atomic E-state index is 11.8. The smallest absolute Gasteiger partial charge is 0.310 e. The average molecular weight is 272 g/mol. The lowest BCUT2D eigenvalue weighted by Crippen LogP contribution is -2.10. The van der Waals surface area contributed by atoms with Crippen molar-refractivity contribution in [3.05, 3.63) is 53.7 Å². The second-order valence-corrected chi connectivity index (χ2v) is 4.21. The van der Waals surface area contributed by atoms with Gasteiger partial charge in [0.25, 0.3) is 0 Å². The first-order chi connectivity index (χ1) is 9.69. The maximum Gasteiger partial charge on any atom is 0.310 e. The third kappa shape index (κ3) is 3.71. The summed E-state index contributed by atoms with van der Waals surface area (Å²) in [6.45, 7) is 0.114. The molecular weight excluding hydrogens is 256 g/mol. The Morgan fingerprint density at radius 1 is 1.20 bits per heavy atom. The van der Waals surface area contributed by atoms with Crippen molar-refractivity contribution in [3.63, 3.8) is 0 Å². The first-order valence-corrected chi connectivity index (χ1v) is 6.18. The molecule has 5 heteroatoms. The highest BCUT2D eigenvalue weighted by molar-refractivity contribution is 5.74. The minimum atomic E-state index is -0.340. The van der Waals surface area contributed by atoms with Gasteiger partial charge in [0.15, 0.2) is 0 Å². The molecule has 0 bridgehead atoms. The highest BCUT2D eigenvalue weighted by Gasteiger charge is 2.08. The van der Waals surface area contributed by atoms with Gasteiger partial charge in [-0.05, 0) is 17.7 Å². The normalized spacial score (nSPS) is 10.1. The van der Waals surface area contributed by atoms with Gasteiger partial charge in [0.05, 0.1) is 19.2 Å². The second-order valence-electron chi connectivity index (χ2n) is 4.21. The molecule has 0 aliphatic rings. The molecule has 0 atom stereocenters. The predicted octanol–water partition coefficient (Wildman–Crippen LogP) is 1.96. The van der Waals surface area contributed by atoms with E-state index in [0.717, 1.165) is 5.56 Å². The zero-order valence-corrected chi connectivity index (χ0v) is 11.2. The summed E-state index contributed by atoms with van der Waals surface area (Å²) in [5.74, 6) is 0.151. The Bertz CT molecular complexity index is 599. The van der Waals surface area contributed by atoms with Crippen LogP contribution in [0.25, 0.3) is 0 Å². The van der Waals surface area contributed by atoms with E-state index in [1.165, 1.54) is 7.11 Å². The van der Waals surface area contributed by atoms with E-state index in [1.54, 1.807) is 30.3 Å². The van der Waals surface area contributed by atoms with Crippen molar-refractivity contribution in [3.8, 4) is 5.88 Å². The van der Waals surface area contributed by atoms with Crippen molar-refractivity contribution in [2.45, 2.75) is 13.0 Å². The van der Waals surface area contributed by atoms with Crippen molar-refractivity contribution in [1.82, 2.24) is 4.98 Å². The SMILES string of the molecule is COc1cccc(COC(=O)Cc2ccccc2N)n1. The molecule has 2 aromatic rings. The van der Waals surface area contributed by atoms with Crippen LogP contribution >= 0.6 is 0 Å². The molecule has 2 N–H and O–H groups in total. The number of nitrogens with zero attached hydrogens (tertiary/aromatic N) is 1. The molecule has 0 saturated heterocycles. The van der Waals surface area contributed by atoms with Crippen molar-refractivity contribution < 1.29 is 14.3 Å². The summed E-state index contributed by atoms with van der Waals surface area (Å²) in [5, 5.41) is 0. The fourth-order valence-corrected chi connectivity index (χ4v) is 1.71. The van der Waals surface area contributed by atoms with Crippen LogP contribution in [0.2, 0.25) is 0 Å². The third-order valence-electron chi connectivity index (χ3n) is 2.76. The fraction of sp³-hybridized carbons (Fsp3) is 0.200. The van der Waals surface area contributed by atoms with E-state index in [-0.39, 0.29) is 19.0 Å². The van der Waals surface area contributed by atoms with Crippen LogP contribution in [0.1, 0.15) is 11.3 Å². The second kappa shape index (κ2) is 6.56. The van der Waals surface area contributed by atoms with Crippen LogP contribution in [-0.2, 0) is 22.6 Å². The lowest BCUT2D eigenvalue weighted by molar-refractivity contribution is -0.144. The molecule has 1 aromatic carbocycles. The quantitative estimate of drug-likeness (QED) is 0.665. The molecule has 5 nitrogen and oxygen atoms in total. The molecule has 0 amide bonds. The number of nitrogens with two attached hydrogens (primary N) is 1. The Hall–Kier alpha value is -2.56. The number of carbonyl (C=O) groups excluding carboxylic acids is 1. The summed E-state index contributed by atoms with van der Waals surface area (Å²) in [6, 6.07) is 12.5. The van der Waals surface area contributed by atoms with Crippen LogP contribution in [-0.4, -0.2) is 18.1 Å². The number of methoxy groups -OCH3 is 1. The van der Waals surface area contributed by atoms with Crippen molar-refractivity contribution in [2.24, 2.45) is 0 Å². The van der Waals surface area contributed by atoms with E-state index in [4.69, 9.17) is 15.2 Å². The zero-order chi connectivity index (χ0) is 14.4. The summed E-state index contributed by atoms with van der Waals surface area (Å²) in [7, 11) is 1.54. The minimum Gasteiger partial charge on any atom is -0.481 e. The lowest BCUT2D eigenvalue weighted by Gasteiger charge is -2.07. The molecule has 2 rings (SSSR count). The molecule has 0 saturated carbocycles. The largest absolute Gasteiger partial charge is 0.481 e. The summed E-state index contributed by atoms with van der Waals surface area (Å²) >= 11 is 0. The van der Waals surface area contributed by atoms with E-state index in [9.17, 15) is 4.79 Å². The van der Waals surface area contributed by atoms with Gasteiger partial charge in [-0.15, -0.1) is 0 Å². The van der Waals surface area contributed by atoms with Crippen LogP contribution in [0.4, 0.5) is 5.69 Å². The summed E-state index contributed by atoms with van der Waals surface area (Å²) in [5.41, 5.74) is 7.76. The van der Waals surface area contributed by atoms with Crippen LogP contribution in [0, 0.1) is 0 Å². The van der Waals surface area contributed by atoms with Gasteiger partial charge in [0, 0.05) is 11.8 Å². The van der Waals surface area contributed by atoms with E-state index >= 15 is 0 Å². The molecule has 104 valence electrons. The molecule has 1 aromatic heterocycles. The first-order valence-electron chi connectivity index (χ1n) is 6.18. The number of para-hydroxylation sites is 1. The molecule has 0 aliphatic heterocycles. The van der Waals surface area contributed by atoms with E-state index in [1.807, 2.05) is 12.1 Å². The van der Waals surface area contributed by atoms with Crippen LogP contribution < -0.4 is 10.5 Å². The molecule has 0 radical (unpaired) electrons. The number of carbonyl (C=O) groups is 1. The third-order valence-corrected chi connectivity index (χ3v) is 2.76. The topological polar surface area (TPSA) is 74.4 Å². The number of pyridine rings is 1. The predicted molar refractivity (Wildman–Crippen MR) is 75.1 cm³/mol. The average Bonchev–Trinajstić information content (AvgIpc) is 2.48. The van der Waals surface area contributed by atoms with Crippen molar-refractivity contribution >= 4 is 11.7 Å². The maximum absolute atomic E-state index is 11.8. The number of aromatic nitrogens is 1. The Balaban J connectivity index is 1.90. The molecule has 20 heavy (non-hydrogen) atoms. The highest BCUT2D eigenvalue weighted by atomic mass is 16.5. The van der Waals surface area contributed by atoms with E-state index in [2.05, 4.69) is 4.98 Å². The number of hydrogen-bond acceptors (Lipinski definition) is 5. The van der Waals surface area contributed by atoms with Crippen LogP contribution in [0.3, 0.4) is 0 Å². The van der Waals surface area contributed by atoms with Gasteiger partial charge in [-0.25, -0.2) is 4.98 Å². The minimum absolute atomic E-state index is 0.114. The van der Waals surface area contributed by atoms with Gasteiger partial charge in [0.1, 0.15) is 6.61 Å². The van der Waals surface area contributed by atoms with Gasteiger partial charge in [-0.1, -0.05) is 24.3 Å². The highest BCUT2D eigenvalue weighted by Crippen LogP contribution is 2.12. The van der Waals surface area contributed by atoms with Gasteiger partial charge in [0.2, 0.25) is 5.88 Å². The molecule has 0 spiro atoms. The van der Waals surface area contributed by atoms with Crippen LogP contribution in [0.5, 0.6) is 5.88 Å². The first kappa shape index (κ1) is 13.9. The van der Waals surface area contributed by atoms with Gasteiger partial charge in [-0.3, -0.25) is 4.79 Å². The number of nitrogen functional groups attached to an aromatic ring is 1. The standard InChI is InChI=1S/C15H16N2O3/c1-19-14-8-4-6-12(17-14)10-20-15(18)9-11-5-2-3-7-13(11)16/h2-8H,9-10,16H2,1H3. The Morgan fingerprint density at radius 2 is 2.00 bits per heavy atom. The monoisotopic (exact) mass is 272 g/mol. The number of anilines is 1. The molecular formula is C15H16N2O3. The Morgan fingerprint density at radius 3 is 2.75 bits per heavy atom. The van der Waals surface area contributed by atoms with Crippen LogP contribution in [0.15, 0.2) is 42.5 Å². The molecule has 0 fully saturated rings. The van der Waals surface area contributed by atoms with Crippen molar-refractivity contribution in [2.75, 3.05) is 12.8 Å². The number of benzene rings is 1. The van der Waals surface area contributed by atoms with E-state index < -0.39 is 0 Å². The zero-order valence-electron chi connectivity index (χ0n) is 11.2. The van der Waals surface area contributed by atoms with Gasteiger partial charge < -0.3 is 15.2 Å². The number of ether oxygens (including phenoxy) is 2. The number of hydrogen-bond donors (Lipinski definition) is 1. The fourth-order valence-electron chi connectivity index (χ4n) is 1.71. The summed E-state index contributed by atoms with van der Waals surface area (Å²) in [6.07, 6.45) is 0.149. The molecule has 1 heterocycles. The van der Waals surface area contributed by atoms with Gasteiger partial charge >= 0.3 is 5.97 Å². The molecule has 0 unspecified atom stereocenters. The van der Waals surface area contributed by atoms with Gasteiger partial charge in [-0.2, -0.15) is 0 Å². The number of esters is 1. The Kier molecular flexibility index (Phi) is 4.55. The number of rotatable bonds is 5. The Labute approximate surface area is 117 Å². The summed E-state index contributed by atoms with van der Waals surface area (Å²) in [4.78, 5) is 15.9. The lowest BCUT2D eigenvalue weighted by atomic mass is 10.1. The molecule has 0 aliphatic carbocycles. The van der Waals surface area contributed by atoms with Crippen molar-refractivity contribution in [1.29, 1.82) is 0 Å². The summed E-state index contributed by atoms with van der Waals surface area (Å²) < 4.78 is 10.2. The van der Waals surface area contributed by atoms with E-state index in [0.29, 0.717) is 17.3 Å².